The van der Waals surface area contributed by atoms with Gasteiger partial charge < -0.3 is 4.74 Å². The van der Waals surface area contributed by atoms with Crippen LogP contribution in [0.25, 0.3) is 0 Å². The molecule has 1 heterocycles. The standard InChI is InChI=1S/C12H9FN2O2/c1-17-11-3-2-8(13)6-9(11)12(16)10-7-14-4-5-15-10/h2-7H,1H3. The lowest BCUT2D eigenvalue weighted by Gasteiger charge is -2.06. The summed E-state index contributed by atoms with van der Waals surface area (Å²) in [5.41, 5.74) is 0.282. The number of ether oxygens (including phenoxy) is 1. The predicted molar refractivity (Wildman–Crippen MR) is 58.4 cm³/mol. The number of hydrogen-bond donors (Lipinski definition) is 0. The second kappa shape index (κ2) is 4.69. The SMILES string of the molecule is COc1ccc(F)cc1C(=O)c1cnccn1. The van der Waals surface area contributed by atoms with Crippen LogP contribution in [0.4, 0.5) is 4.39 Å². The van der Waals surface area contributed by atoms with Crippen molar-refractivity contribution in [3.8, 4) is 5.75 Å². The number of carbonyl (C=O) groups is 1. The fraction of sp³-hybridized carbons (Fsp3) is 0.0833. The van der Waals surface area contributed by atoms with Crippen LogP contribution in [0.2, 0.25) is 0 Å². The Morgan fingerprint density at radius 1 is 1.35 bits per heavy atom. The molecule has 0 saturated carbocycles. The molecule has 2 aromatic rings. The van der Waals surface area contributed by atoms with Gasteiger partial charge in [0.05, 0.1) is 18.9 Å². The summed E-state index contributed by atoms with van der Waals surface area (Å²) in [6, 6.07) is 3.75. The molecular weight excluding hydrogens is 223 g/mol. The largest absolute Gasteiger partial charge is 0.496 e. The summed E-state index contributed by atoms with van der Waals surface area (Å²) < 4.78 is 18.1. The van der Waals surface area contributed by atoms with E-state index in [1.165, 1.54) is 37.8 Å². The number of ketones is 1. The van der Waals surface area contributed by atoms with Gasteiger partial charge >= 0.3 is 0 Å². The van der Waals surface area contributed by atoms with Crippen molar-refractivity contribution < 1.29 is 13.9 Å². The molecule has 86 valence electrons. The van der Waals surface area contributed by atoms with Gasteiger partial charge in [0, 0.05) is 12.4 Å². The third kappa shape index (κ3) is 2.28. The zero-order chi connectivity index (χ0) is 12.3. The number of nitrogens with zero attached hydrogens (tertiary/aromatic N) is 2. The molecule has 1 aromatic carbocycles. The van der Waals surface area contributed by atoms with Gasteiger partial charge in [0.15, 0.2) is 0 Å². The zero-order valence-electron chi connectivity index (χ0n) is 9.05. The molecule has 0 spiro atoms. The predicted octanol–water partition coefficient (Wildman–Crippen LogP) is 1.86. The summed E-state index contributed by atoms with van der Waals surface area (Å²) in [5, 5.41) is 0. The van der Waals surface area contributed by atoms with Gasteiger partial charge in [-0.3, -0.25) is 9.78 Å². The molecule has 0 fully saturated rings. The van der Waals surface area contributed by atoms with Gasteiger partial charge in [0.25, 0.3) is 0 Å². The van der Waals surface area contributed by atoms with Crippen molar-refractivity contribution in [2.24, 2.45) is 0 Å². The number of carbonyl (C=O) groups excluding carboxylic acids is 1. The van der Waals surface area contributed by atoms with Crippen LogP contribution in [0, 0.1) is 5.82 Å². The van der Waals surface area contributed by atoms with Crippen LogP contribution in [-0.2, 0) is 0 Å². The molecule has 0 saturated heterocycles. The van der Waals surface area contributed by atoms with Crippen LogP contribution in [-0.4, -0.2) is 22.9 Å². The molecule has 0 aliphatic carbocycles. The second-order valence-corrected chi connectivity index (χ2v) is 3.26. The van der Waals surface area contributed by atoms with Crippen LogP contribution in [0.3, 0.4) is 0 Å². The van der Waals surface area contributed by atoms with Crippen LogP contribution in [0.1, 0.15) is 16.1 Å². The lowest BCUT2D eigenvalue weighted by atomic mass is 10.1. The van der Waals surface area contributed by atoms with E-state index in [-0.39, 0.29) is 11.3 Å². The van der Waals surface area contributed by atoms with Gasteiger partial charge in [-0.2, -0.15) is 0 Å². The van der Waals surface area contributed by atoms with E-state index in [4.69, 9.17) is 4.74 Å². The quantitative estimate of drug-likeness (QED) is 0.758. The molecule has 17 heavy (non-hydrogen) atoms. The molecule has 0 amide bonds. The number of halogens is 1. The molecule has 5 heteroatoms. The van der Waals surface area contributed by atoms with Crippen molar-refractivity contribution in [1.82, 2.24) is 9.97 Å². The average molecular weight is 232 g/mol. The Kier molecular flexibility index (Phi) is 3.09. The maximum absolute atomic E-state index is 13.1. The van der Waals surface area contributed by atoms with E-state index >= 15 is 0 Å². The van der Waals surface area contributed by atoms with Gasteiger partial charge in [-0.15, -0.1) is 0 Å². The van der Waals surface area contributed by atoms with Crippen LogP contribution in [0.15, 0.2) is 36.8 Å². The number of aromatic nitrogens is 2. The number of methoxy groups -OCH3 is 1. The Hall–Kier alpha value is -2.30. The smallest absolute Gasteiger partial charge is 0.216 e. The Morgan fingerprint density at radius 2 is 2.18 bits per heavy atom. The summed E-state index contributed by atoms with van der Waals surface area (Å²) in [6.07, 6.45) is 4.19. The van der Waals surface area contributed by atoms with E-state index in [2.05, 4.69) is 9.97 Å². The van der Waals surface area contributed by atoms with E-state index < -0.39 is 11.6 Å². The highest BCUT2D eigenvalue weighted by molar-refractivity contribution is 6.09. The van der Waals surface area contributed by atoms with E-state index in [0.29, 0.717) is 5.75 Å². The highest BCUT2D eigenvalue weighted by Crippen LogP contribution is 2.21. The maximum atomic E-state index is 13.1. The van der Waals surface area contributed by atoms with Gasteiger partial charge in [-0.05, 0) is 18.2 Å². The molecule has 2 rings (SSSR count). The van der Waals surface area contributed by atoms with Crippen LogP contribution >= 0.6 is 0 Å². The first-order chi connectivity index (χ1) is 8.22. The molecule has 0 radical (unpaired) electrons. The molecule has 1 aromatic heterocycles. The monoisotopic (exact) mass is 232 g/mol. The van der Waals surface area contributed by atoms with Gasteiger partial charge in [0.1, 0.15) is 17.3 Å². The molecule has 0 atom stereocenters. The normalized spacial score (nSPS) is 10.0. The molecule has 0 aliphatic heterocycles. The maximum Gasteiger partial charge on any atom is 0.216 e. The minimum atomic E-state index is -0.502. The summed E-state index contributed by atoms with van der Waals surface area (Å²) in [5.74, 6) is -0.616. The highest BCUT2D eigenvalue weighted by atomic mass is 19.1. The summed E-state index contributed by atoms with van der Waals surface area (Å²) in [6.45, 7) is 0. The van der Waals surface area contributed by atoms with E-state index in [0.717, 1.165) is 6.07 Å². The highest BCUT2D eigenvalue weighted by Gasteiger charge is 2.16. The molecule has 0 N–H and O–H groups in total. The molecular formula is C12H9FN2O2. The van der Waals surface area contributed by atoms with Gasteiger partial charge in [-0.1, -0.05) is 0 Å². The number of rotatable bonds is 3. The first kappa shape index (κ1) is 11.2. The fourth-order valence-electron chi connectivity index (χ4n) is 1.41. The lowest BCUT2D eigenvalue weighted by Crippen LogP contribution is -2.06. The van der Waals surface area contributed by atoms with E-state index in [1.807, 2.05) is 0 Å². The Morgan fingerprint density at radius 3 is 2.82 bits per heavy atom. The van der Waals surface area contributed by atoms with Crippen LogP contribution in [0.5, 0.6) is 5.75 Å². The third-order valence-corrected chi connectivity index (χ3v) is 2.20. The van der Waals surface area contributed by atoms with Crippen molar-refractivity contribution in [3.05, 3.63) is 53.9 Å². The number of hydrogen-bond acceptors (Lipinski definition) is 4. The topological polar surface area (TPSA) is 52.1 Å². The third-order valence-electron chi connectivity index (χ3n) is 2.20. The zero-order valence-corrected chi connectivity index (χ0v) is 9.05. The average Bonchev–Trinajstić information content (AvgIpc) is 2.39. The Bertz CT molecular complexity index is 543. The Labute approximate surface area is 97.1 Å². The van der Waals surface area contributed by atoms with E-state index in [1.54, 1.807) is 0 Å². The van der Waals surface area contributed by atoms with Crippen molar-refractivity contribution >= 4 is 5.78 Å². The molecule has 0 unspecified atom stereocenters. The van der Waals surface area contributed by atoms with Crippen LogP contribution < -0.4 is 4.74 Å². The molecule has 0 aliphatic rings. The summed E-state index contributed by atoms with van der Waals surface area (Å²) >= 11 is 0. The van der Waals surface area contributed by atoms with Crippen molar-refractivity contribution in [2.75, 3.05) is 7.11 Å². The van der Waals surface area contributed by atoms with Gasteiger partial charge in [-0.25, -0.2) is 9.37 Å². The first-order valence-corrected chi connectivity index (χ1v) is 4.86. The fourth-order valence-corrected chi connectivity index (χ4v) is 1.41. The van der Waals surface area contributed by atoms with Crippen molar-refractivity contribution in [3.63, 3.8) is 0 Å². The minimum absolute atomic E-state index is 0.132. The summed E-state index contributed by atoms with van der Waals surface area (Å²) in [4.78, 5) is 19.7. The first-order valence-electron chi connectivity index (χ1n) is 4.86. The second-order valence-electron chi connectivity index (χ2n) is 3.26. The molecule has 4 nitrogen and oxygen atoms in total. The minimum Gasteiger partial charge on any atom is -0.496 e. The summed E-state index contributed by atoms with van der Waals surface area (Å²) in [7, 11) is 1.42. The van der Waals surface area contributed by atoms with Crippen molar-refractivity contribution in [1.29, 1.82) is 0 Å². The van der Waals surface area contributed by atoms with E-state index in [9.17, 15) is 9.18 Å². The van der Waals surface area contributed by atoms with Crippen molar-refractivity contribution in [2.45, 2.75) is 0 Å². The van der Waals surface area contributed by atoms with Gasteiger partial charge in [0.2, 0.25) is 5.78 Å². The number of benzene rings is 1. The lowest BCUT2D eigenvalue weighted by molar-refractivity contribution is 0.103. The molecule has 0 bridgehead atoms. The Balaban J connectivity index is 2.47.